The fourth-order valence-electron chi connectivity index (χ4n) is 1.10. The zero-order valence-corrected chi connectivity index (χ0v) is 7.77. The van der Waals surface area contributed by atoms with Crippen molar-refractivity contribution in [1.29, 1.82) is 0 Å². The van der Waals surface area contributed by atoms with Gasteiger partial charge in [-0.05, 0) is 18.2 Å². The molecule has 0 aliphatic rings. The smallest absolute Gasteiger partial charge is 0.335 e. The van der Waals surface area contributed by atoms with Crippen LogP contribution >= 0.6 is 0 Å². The van der Waals surface area contributed by atoms with E-state index in [1.54, 1.807) is 12.3 Å². The van der Waals surface area contributed by atoms with Gasteiger partial charge in [-0.2, -0.15) is 0 Å². The van der Waals surface area contributed by atoms with Gasteiger partial charge >= 0.3 is 5.97 Å². The van der Waals surface area contributed by atoms with Gasteiger partial charge in [0.2, 0.25) is 0 Å². The average molecular weight is 210 g/mol. The number of hydrogen-bond acceptors (Lipinski definition) is 3. The lowest BCUT2D eigenvalue weighted by molar-refractivity contribution is -0.0000182. The third-order valence-corrected chi connectivity index (χ3v) is 1.72. The first-order chi connectivity index (χ1) is 6.27. The van der Waals surface area contributed by atoms with Gasteiger partial charge in [0, 0.05) is 12.4 Å². The monoisotopic (exact) mass is 209 g/mol. The average Bonchev–Trinajstić information content (AvgIpc) is 2.17. The van der Waals surface area contributed by atoms with E-state index in [1.807, 2.05) is 0 Å². The van der Waals surface area contributed by atoms with Crippen molar-refractivity contribution in [3.8, 4) is 0 Å². The van der Waals surface area contributed by atoms with Crippen LogP contribution in [0.5, 0.6) is 0 Å². The number of hydrogen-bond donors (Lipinski definition) is 1. The van der Waals surface area contributed by atoms with Crippen molar-refractivity contribution in [3.05, 3.63) is 36.2 Å². The van der Waals surface area contributed by atoms with Crippen LogP contribution in [0.1, 0.15) is 10.4 Å². The Morgan fingerprint density at radius 1 is 1.14 bits per heavy atom. The van der Waals surface area contributed by atoms with E-state index in [0.29, 0.717) is 11.0 Å². The summed E-state index contributed by atoms with van der Waals surface area (Å²) in [7, 11) is 0. The number of nitrogens with zero attached hydrogens (tertiary/aromatic N) is 2. The molecule has 2 rings (SSSR count). The van der Waals surface area contributed by atoms with Crippen LogP contribution < -0.4 is 12.4 Å². The minimum Gasteiger partial charge on any atom is -1.00 e. The topological polar surface area (TPSA) is 63.1 Å². The molecule has 1 aromatic heterocycles. The van der Waals surface area contributed by atoms with Crippen LogP contribution in [0.2, 0.25) is 0 Å². The Labute approximate surface area is 86.0 Å². The number of fused-ring (bicyclic) bond motifs is 1. The molecule has 0 aliphatic carbocycles. The van der Waals surface area contributed by atoms with E-state index < -0.39 is 5.97 Å². The van der Waals surface area contributed by atoms with Crippen LogP contribution in [-0.2, 0) is 0 Å². The fourth-order valence-corrected chi connectivity index (χ4v) is 1.10. The number of carboxylic acid groups (broad SMARTS) is 1. The third kappa shape index (κ3) is 1.80. The Morgan fingerprint density at radius 3 is 2.43 bits per heavy atom. The van der Waals surface area contributed by atoms with Crippen LogP contribution in [0, 0.1) is 0 Å². The Morgan fingerprint density at radius 2 is 1.79 bits per heavy atom. The summed E-state index contributed by atoms with van der Waals surface area (Å²) in [5.41, 5.74) is 1.53. The molecule has 1 heterocycles. The summed E-state index contributed by atoms with van der Waals surface area (Å²) in [6, 6.07) is 4.66. The van der Waals surface area contributed by atoms with Crippen molar-refractivity contribution in [3.63, 3.8) is 0 Å². The minimum absolute atomic E-state index is 0. The highest BCUT2D eigenvalue weighted by atomic mass is 35.5. The maximum atomic E-state index is 10.6. The van der Waals surface area contributed by atoms with Gasteiger partial charge in [-0.25, -0.2) is 4.79 Å². The van der Waals surface area contributed by atoms with Gasteiger partial charge in [0.25, 0.3) is 0 Å². The standard InChI is InChI=1S/C9H6N2O2.ClH/c12-9(13)6-1-2-7-8(5-6)11-4-3-10-7;/h1-5H,(H,12,13);1H/p-1. The van der Waals surface area contributed by atoms with Crippen LogP contribution in [0.25, 0.3) is 11.0 Å². The molecule has 0 amide bonds. The maximum absolute atomic E-state index is 10.6. The van der Waals surface area contributed by atoms with Gasteiger partial charge in [0.15, 0.2) is 0 Å². The van der Waals surface area contributed by atoms with Gasteiger partial charge in [0.05, 0.1) is 16.6 Å². The third-order valence-electron chi connectivity index (χ3n) is 1.72. The molecule has 0 radical (unpaired) electrons. The highest BCUT2D eigenvalue weighted by molar-refractivity contribution is 5.91. The van der Waals surface area contributed by atoms with E-state index in [1.165, 1.54) is 18.3 Å². The molecule has 1 N–H and O–H groups in total. The lowest BCUT2D eigenvalue weighted by Gasteiger charge is -1.96. The Bertz CT molecular complexity index is 473. The van der Waals surface area contributed by atoms with Crippen LogP contribution in [0.3, 0.4) is 0 Å². The summed E-state index contributed by atoms with van der Waals surface area (Å²) >= 11 is 0. The van der Waals surface area contributed by atoms with Crippen LogP contribution in [0.4, 0.5) is 0 Å². The summed E-state index contributed by atoms with van der Waals surface area (Å²) in [5, 5.41) is 8.70. The number of rotatable bonds is 1. The van der Waals surface area contributed by atoms with Crippen molar-refractivity contribution in [2.24, 2.45) is 0 Å². The van der Waals surface area contributed by atoms with E-state index in [-0.39, 0.29) is 18.0 Å². The van der Waals surface area contributed by atoms with Crippen molar-refractivity contribution in [1.82, 2.24) is 9.97 Å². The second kappa shape index (κ2) is 4.02. The summed E-state index contributed by atoms with van der Waals surface area (Å²) in [5.74, 6) is -0.951. The zero-order valence-electron chi connectivity index (χ0n) is 7.01. The van der Waals surface area contributed by atoms with Gasteiger partial charge in [-0.15, -0.1) is 0 Å². The Hall–Kier alpha value is -1.68. The van der Waals surface area contributed by atoms with Gasteiger partial charge in [-0.1, -0.05) is 0 Å². The van der Waals surface area contributed by atoms with Crippen molar-refractivity contribution < 1.29 is 22.3 Å². The molecule has 72 valence electrons. The molecular weight excluding hydrogens is 204 g/mol. The number of carbonyl (C=O) groups is 1. The normalized spacial score (nSPS) is 9.43. The number of aromatic carboxylic acids is 1. The summed E-state index contributed by atoms with van der Waals surface area (Å²) < 4.78 is 0. The first-order valence-electron chi connectivity index (χ1n) is 3.71. The van der Waals surface area contributed by atoms with Crippen LogP contribution in [0.15, 0.2) is 30.6 Å². The molecule has 1 aromatic carbocycles. The Balaban J connectivity index is 0.000000980. The lowest BCUT2D eigenvalue weighted by Crippen LogP contribution is -3.00. The SMILES string of the molecule is O=C(O)c1ccc2nccnc2c1.[Cl-]. The van der Waals surface area contributed by atoms with Crippen molar-refractivity contribution in [2.75, 3.05) is 0 Å². The van der Waals surface area contributed by atoms with E-state index in [9.17, 15) is 4.79 Å². The summed E-state index contributed by atoms with van der Waals surface area (Å²) in [6.45, 7) is 0. The largest absolute Gasteiger partial charge is 1.00 e. The highest BCUT2D eigenvalue weighted by Gasteiger charge is 2.03. The summed E-state index contributed by atoms with van der Waals surface area (Å²) in [4.78, 5) is 18.6. The predicted molar refractivity (Wildman–Crippen MR) is 46.5 cm³/mol. The highest BCUT2D eigenvalue weighted by Crippen LogP contribution is 2.10. The van der Waals surface area contributed by atoms with Gasteiger partial charge in [0.1, 0.15) is 0 Å². The predicted octanol–water partition coefficient (Wildman–Crippen LogP) is -1.67. The van der Waals surface area contributed by atoms with Gasteiger partial charge in [-0.3, -0.25) is 9.97 Å². The fraction of sp³-hybridized carbons (Fsp3) is 0. The molecule has 0 saturated carbocycles. The maximum Gasteiger partial charge on any atom is 0.335 e. The molecular formula is C9H6ClN2O2-. The molecule has 4 nitrogen and oxygen atoms in total. The molecule has 14 heavy (non-hydrogen) atoms. The first-order valence-corrected chi connectivity index (χ1v) is 3.71. The quantitative estimate of drug-likeness (QED) is 0.610. The second-order valence-electron chi connectivity index (χ2n) is 2.56. The van der Waals surface area contributed by atoms with E-state index in [4.69, 9.17) is 5.11 Å². The molecule has 0 aliphatic heterocycles. The molecule has 0 saturated heterocycles. The molecule has 0 atom stereocenters. The lowest BCUT2D eigenvalue weighted by atomic mass is 10.2. The van der Waals surface area contributed by atoms with E-state index in [2.05, 4.69) is 9.97 Å². The summed E-state index contributed by atoms with van der Waals surface area (Å²) in [6.07, 6.45) is 3.11. The molecule has 2 aromatic rings. The van der Waals surface area contributed by atoms with Gasteiger partial charge < -0.3 is 17.5 Å². The number of aromatic nitrogens is 2. The molecule has 0 spiro atoms. The molecule has 5 heteroatoms. The minimum atomic E-state index is -0.951. The van der Waals surface area contributed by atoms with E-state index in [0.717, 1.165) is 0 Å². The first kappa shape index (κ1) is 10.4. The number of carboxylic acids is 1. The number of benzene rings is 1. The molecule has 0 unspecified atom stereocenters. The number of halogens is 1. The zero-order chi connectivity index (χ0) is 9.26. The molecule has 0 fully saturated rings. The second-order valence-corrected chi connectivity index (χ2v) is 2.56. The van der Waals surface area contributed by atoms with Crippen LogP contribution in [-0.4, -0.2) is 21.0 Å². The van der Waals surface area contributed by atoms with E-state index >= 15 is 0 Å². The Kier molecular flexibility index (Phi) is 2.99. The van der Waals surface area contributed by atoms with Crippen molar-refractivity contribution in [2.45, 2.75) is 0 Å². The van der Waals surface area contributed by atoms with Crippen molar-refractivity contribution >= 4 is 17.0 Å². The molecule has 0 bridgehead atoms.